The number of ether oxygens (including phenoxy) is 1. The number of anilines is 1. The van der Waals surface area contributed by atoms with E-state index >= 15 is 0 Å². The molecule has 4 N–H and O–H groups in total. The van der Waals surface area contributed by atoms with Crippen molar-refractivity contribution in [1.82, 2.24) is 10.6 Å². The lowest BCUT2D eigenvalue weighted by atomic mass is 10.1. The largest absolute Gasteiger partial charge is 0.474 e. The molecule has 0 bridgehead atoms. The number of carbonyl (C=O) groups is 1. The standard InChI is InChI=1S/C17H27N3O2/c1-6-15(20-12(2)22-17(3,4)5)16(21)19-11-13-7-9-14(18)10-8-13/h7-10,15,20H,2,6,11,18H2,1,3-5H3,(H,19,21)/t15-/m0/s1. The second kappa shape index (κ2) is 7.73. The lowest BCUT2D eigenvalue weighted by Crippen LogP contribution is -2.44. The van der Waals surface area contributed by atoms with Gasteiger partial charge in [0.1, 0.15) is 11.6 Å². The minimum atomic E-state index is -0.372. The number of benzene rings is 1. The van der Waals surface area contributed by atoms with E-state index in [1.165, 1.54) is 0 Å². The molecule has 1 amide bonds. The van der Waals surface area contributed by atoms with E-state index in [9.17, 15) is 4.79 Å². The molecule has 5 nitrogen and oxygen atoms in total. The zero-order valence-electron chi connectivity index (χ0n) is 13.9. The van der Waals surface area contributed by atoms with Crippen LogP contribution in [0.25, 0.3) is 0 Å². The van der Waals surface area contributed by atoms with Crippen LogP contribution < -0.4 is 16.4 Å². The first-order valence-corrected chi connectivity index (χ1v) is 7.48. The maximum atomic E-state index is 12.2. The van der Waals surface area contributed by atoms with E-state index in [0.29, 0.717) is 24.5 Å². The van der Waals surface area contributed by atoms with Gasteiger partial charge in [-0.25, -0.2) is 0 Å². The van der Waals surface area contributed by atoms with Crippen molar-refractivity contribution in [2.75, 3.05) is 5.73 Å². The Bertz CT molecular complexity index is 504. The average molecular weight is 305 g/mol. The zero-order chi connectivity index (χ0) is 16.8. The monoisotopic (exact) mass is 305 g/mol. The molecule has 0 aromatic heterocycles. The molecule has 0 aliphatic carbocycles. The fraction of sp³-hybridized carbons (Fsp3) is 0.471. The third-order valence-electron chi connectivity index (χ3n) is 2.94. The molecule has 0 aliphatic rings. The summed E-state index contributed by atoms with van der Waals surface area (Å²) in [4.78, 5) is 12.2. The lowest BCUT2D eigenvalue weighted by molar-refractivity contribution is -0.123. The molecule has 1 rings (SSSR count). The predicted molar refractivity (Wildman–Crippen MR) is 89.9 cm³/mol. The first-order chi connectivity index (χ1) is 10.2. The lowest BCUT2D eigenvalue weighted by Gasteiger charge is -2.26. The van der Waals surface area contributed by atoms with Gasteiger partial charge in [0.15, 0.2) is 5.88 Å². The third kappa shape index (κ3) is 6.52. The molecule has 0 aliphatic heterocycles. The number of nitrogens with two attached hydrogens (primary N) is 1. The number of carbonyl (C=O) groups excluding carboxylic acids is 1. The van der Waals surface area contributed by atoms with Gasteiger partial charge >= 0.3 is 0 Å². The highest BCUT2D eigenvalue weighted by molar-refractivity contribution is 5.81. The third-order valence-corrected chi connectivity index (χ3v) is 2.94. The Balaban J connectivity index is 2.50. The summed E-state index contributed by atoms with van der Waals surface area (Å²) in [7, 11) is 0. The minimum absolute atomic E-state index is 0.0852. The molecule has 0 radical (unpaired) electrons. The van der Waals surface area contributed by atoms with Gasteiger partial charge in [-0.15, -0.1) is 0 Å². The van der Waals surface area contributed by atoms with Crippen molar-refractivity contribution in [3.8, 4) is 0 Å². The molecular formula is C17H27N3O2. The number of rotatable bonds is 7. The number of nitrogens with one attached hydrogen (secondary N) is 2. The van der Waals surface area contributed by atoms with E-state index in [1.54, 1.807) is 0 Å². The molecule has 0 spiro atoms. The summed E-state index contributed by atoms with van der Waals surface area (Å²) in [6, 6.07) is 7.05. The highest BCUT2D eigenvalue weighted by Gasteiger charge is 2.19. The molecule has 122 valence electrons. The molecule has 0 unspecified atom stereocenters. The van der Waals surface area contributed by atoms with Gasteiger partial charge in [0, 0.05) is 12.2 Å². The van der Waals surface area contributed by atoms with Gasteiger partial charge in [-0.2, -0.15) is 0 Å². The Morgan fingerprint density at radius 2 is 1.91 bits per heavy atom. The summed E-state index contributed by atoms with van der Waals surface area (Å²) in [6.45, 7) is 12.0. The van der Waals surface area contributed by atoms with E-state index in [1.807, 2.05) is 52.0 Å². The van der Waals surface area contributed by atoms with E-state index in [-0.39, 0.29) is 17.6 Å². The van der Waals surface area contributed by atoms with Crippen molar-refractivity contribution >= 4 is 11.6 Å². The van der Waals surface area contributed by atoms with Gasteiger partial charge in [0.05, 0.1) is 0 Å². The molecule has 1 aromatic rings. The second-order valence-corrected chi connectivity index (χ2v) is 6.20. The Kier molecular flexibility index (Phi) is 6.28. The Morgan fingerprint density at radius 3 is 2.41 bits per heavy atom. The first kappa shape index (κ1) is 17.9. The maximum absolute atomic E-state index is 12.2. The van der Waals surface area contributed by atoms with Crippen molar-refractivity contribution in [3.05, 3.63) is 42.3 Å². The summed E-state index contributed by atoms with van der Waals surface area (Å²) in [5.41, 5.74) is 7.00. The number of hydrogen-bond acceptors (Lipinski definition) is 4. The van der Waals surface area contributed by atoms with Crippen LogP contribution in [0.3, 0.4) is 0 Å². The number of amides is 1. The van der Waals surface area contributed by atoms with Crippen LogP contribution in [0.2, 0.25) is 0 Å². The van der Waals surface area contributed by atoms with Crippen molar-refractivity contribution in [1.29, 1.82) is 0 Å². The Morgan fingerprint density at radius 1 is 1.32 bits per heavy atom. The van der Waals surface area contributed by atoms with Gasteiger partial charge in [0.2, 0.25) is 5.91 Å². The van der Waals surface area contributed by atoms with Gasteiger partial charge in [-0.3, -0.25) is 4.79 Å². The SMILES string of the molecule is C=C(N[C@@H](CC)C(=O)NCc1ccc(N)cc1)OC(C)(C)C. The molecule has 0 saturated carbocycles. The fourth-order valence-electron chi connectivity index (χ4n) is 1.89. The van der Waals surface area contributed by atoms with Crippen molar-refractivity contribution in [2.24, 2.45) is 0 Å². The summed E-state index contributed by atoms with van der Waals surface area (Å²) in [5.74, 6) is 0.319. The van der Waals surface area contributed by atoms with Gasteiger partial charge < -0.3 is 21.1 Å². The van der Waals surface area contributed by atoms with Crippen molar-refractivity contribution < 1.29 is 9.53 Å². The summed E-state index contributed by atoms with van der Waals surface area (Å²) in [6.07, 6.45) is 0.639. The molecule has 0 fully saturated rings. The van der Waals surface area contributed by atoms with Crippen LogP contribution in [0, 0.1) is 0 Å². The number of hydrogen-bond donors (Lipinski definition) is 3. The smallest absolute Gasteiger partial charge is 0.242 e. The van der Waals surface area contributed by atoms with Crippen molar-refractivity contribution in [3.63, 3.8) is 0 Å². The van der Waals surface area contributed by atoms with Crippen LogP contribution in [0.4, 0.5) is 5.69 Å². The average Bonchev–Trinajstić information content (AvgIpc) is 2.42. The topological polar surface area (TPSA) is 76.4 Å². The summed E-state index contributed by atoms with van der Waals surface area (Å²) >= 11 is 0. The van der Waals surface area contributed by atoms with Crippen LogP contribution in [-0.4, -0.2) is 17.6 Å². The predicted octanol–water partition coefficient (Wildman–Crippen LogP) is 2.54. The molecule has 1 aromatic carbocycles. The quantitative estimate of drug-likeness (QED) is 0.534. The summed E-state index contributed by atoms with van der Waals surface area (Å²) < 4.78 is 5.60. The fourth-order valence-corrected chi connectivity index (χ4v) is 1.89. The van der Waals surface area contributed by atoms with Crippen LogP contribution in [0.15, 0.2) is 36.7 Å². The molecule has 0 heterocycles. The van der Waals surface area contributed by atoms with Crippen LogP contribution in [0.5, 0.6) is 0 Å². The van der Waals surface area contributed by atoms with E-state index in [0.717, 1.165) is 5.56 Å². The number of nitrogen functional groups attached to an aromatic ring is 1. The Labute approximate surface area is 132 Å². The normalized spacial score (nSPS) is 12.4. The highest BCUT2D eigenvalue weighted by Crippen LogP contribution is 2.11. The molecular weight excluding hydrogens is 278 g/mol. The second-order valence-electron chi connectivity index (χ2n) is 6.20. The van der Waals surface area contributed by atoms with E-state index < -0.39 is 0 Å². The molecule has 22 heavy (non-hydrogen) atoms. The van der Waals surface area contributed by atoms with Gasteiger partial charge in [0.25, 0.3) is 0 Å². The Hall–Kier alpha value is -2.17. The van der Waals surface area contributed by atoms with E-state index in [2.05, 4.69) is 17.2 Å². The summed E-state index contributed by atoms with van der Waals surface area (Å²) in [5, 5.41) is 5.92. The first-order valence-electron chi connectivity index (χ1n) is 7.48. The van der Waals surface area contributed by atoms with Crippen molar-refractivity contribution in [2.45, 2.75) is 52.3 Å². The van der Waals surface area contributed by atoms with Crippen LogP contribution >= 0.6 is 0 Å². The van der Waals surface area contributed by atoms with Crippen LogP contribution in [-0.2, 0) is 16.1 Å². The van der Waals surface area contributed by atoms with Gasteiger partial charge in [-0.1, -0.05) is 19.1 Å². The van der Waals surface area contributed by atoms with Gasteiger partial charge in [-0.05, 0) is 51.5 Å². The molecule has 5 heteroatoms. The zero-order valence-corrected chi connectivity index (χ0v) is 13.9. The minimum Gasteiger partial charge on any atom is -0.474 e. The highest BCUT2D eigenvalue weighted by atomic mass is 16.5. The molecule has 1 atom stereocenters. The maximum Gasteiger partial charge on any atom is 0.242 e. The van der Waals surface area contributed by atoms with Crippen LogP contribution in [0.1, 0.15) is 39.7 Å². The van der Waals surface area contributed by atoms with E-state index in [4.69, 9.17) is 10.5 Å². The molecule has 0 saturated heterocycles.